The first-order valence-electron chi connectivity index (χ1n) is 8.25. The first-order valence-corrected chi connectivity index (χ1v) is 10.1. The van der Waals surface area contributed by atoms with Crippen LogP contribution in [0.5, 0.6) is 0 Å². The molecule has 1 aliphatic rings. The molecule has 1 saturated heterocycles. The van der Waals surface area contributed by atoms with Gasteiger partial charge in [0.1, 0.15) is 11.9 Å². The Morgan fingerprint density at radius 1 is 1.24 bits per heavy atom. The number of halogens is 2. The van der Waals surface area contributed by atoms with Crippen molar-refractivity contribution < 1.29 is 27.2 Å². The van der Waals surface area contributed by atoms with Gasteiger partial charge in [0, 0.05) is 18.8 Å². The third kappa shape index (κ3) is 5.69. The van der Waals surface area contributed by atoms with E-state index in [9.17, 15) is 17.6 Å². The van der Waals surface area contributed by atoms with Crippen molar-refractivity contribution in [1.29, 1.82) is 0 Å². The van der Waals surface area contributed by atoms with E-state index in [0.29, 0.717) is 5.69 Å². The molecule has 0 saturated carbocycles. The molecule has 2 atom stereocenters. The van der Waals surface area contributed by atoms with E-state index in [0.717, 1.165) is 15.9 Å². The molecule has 0 unspecified atom stereocenters. The van der Waals surface area contributed by atoms with Gasteiger partial charge in [-0.25, -0.2) is 4.39 Å². The van der Waals surface area contributed by atoms with Gasteiger partial charge in [-0.2, -0.15) is 27.0 Å². The second kappa shape index (κ2) is 9.73. The summed E-state index contributed by atoms with van der Waals surface area (Å²) in [6.07, 6.45) is 0.500. The topological polar surface area (TPSA) is 113 Å². The highest BCUT2D eigenvalue weighted by Crippen LogP contribution is 2.28. The van der Waals surface area contributed by atoms with Crippen LogP contribution in [0, 0.1) is 5.82 Å². The number of amides is 1. The highest BCUT2D eigenvalue weighted by atomic mass is 35.5. The van der Waals surface area contributed by atoms with Gasteiger partial charge in [0.25, 0.3) is 10.2 Å². The van der Waals surface area contributed by atoms with Gasteiger partial charge in [-0.1, -0.05) is 41.9 Å². The molecule has 0 radical (unpaired) electrons. The lowest BCUT2D eigenvalue weighted by Gasteiger charge is -2.36. The molecule has 154 valence electrons. The van der Waals surface area contributed by atoms with Crippen LogP contribution in [0.4, 0.5) is 10.1 Å². The fourth-order valence-corrected chi connectivity index (χ4v) is 4.27. The molecule has 0 bridgehead atoms. The zero-order valence-corrected chi connectivity index (χ0v) is 16.7. The van der Waals surface area contributed by atoms with Crippen LogP contribution < -0.4 is 10.0 Å². The second-order valence-electron chi connectivity index (χ2n) is 6.06. The minimum absolute atomic E-state index is 0.128. The molecule has 1 heterocycles. The summed E-state index contributed by atoms with van der Waals surface area (Å²) in [5.74, 6) is -1.11. The molecule has 3 rings (SSSR count). The summed E-state index contributed by atoms with van der Waals surface area (Å²) < 4.78 is 41.6. The number of rotatable bonds is 3. The SMILES string of the molecule is CN1[C@@H](C(=O)Nc2ccc(F)c(Cl)c2)C[C@@H](c2ccccc2)NS1(=O)=O.O=C=O. The van der Waals surface area contributed by atoms with Crippen molar-refractivity contribution >= 4 is 39.6 Å². The number of nitrogens with zero attached hydrogens (tertiary/aromatic N) is 1. The normalized spacial score (nSPS) is 20.7. The van der Waals surface area contributed by atoms with Crippen LogP contribution in [-0.2, 0) is 24.6 Å². The minimum atomic E-state index is -3.82. The molecule has 1 aliphatic heterocycles. The Bertz CT molecular complexity index is 1010. The van der Waals surface area contributed by atoms with Crippen molar-refractivity contribution in [3.63, 3.8) is 0 Å². The van der Waals surface area contributed by atoms with E-state index in [4.69, 9.17) is 21.2 Å². The fraction of sp³-hybridized carbons (Fsp3) is 0.222. The Kier molecular flexibility index (Phi) is 7.60. The smallest absolute Gasteiger partial charge is 0.325 e. The molecule has 0 spiro atoms. The van der Waals surface area contributed by atoms with Gasteiger partial charge < -0.3 is 5.32 Å². The van der Waals surface area contributed by atoms with Crippen molar-refractivity contribution in [3.8, 4) is 0 Å². The Balaban J connectivity index is 0.000000941. The lowest BCUT2D eigenvalue weighted by atomic mass is 9.99. The summed E-state index contributed by atoms with van der Waals surface area (Å²) in [7, 11) is -2.48. The zero-order chi connectivity index (χ0) is 21.6. The molecule has 0 aliphatic carbocycles. The molecule has 29 heavy (non-hydrogen) atoms. The lowest BCUT2D eigenvalue weighted by molar-refractivity contribution is -0.191. The van der Waals surface area contributed by atoms with Crippen molar-refractivity contribution in [1.82, 2.24) is 9.03 Å². The average Bonchev–Trinajstić information content (AvgIpc) is 2.68. The molecule has 2 aromatic rings. The standard InChI is InChI=1S/C17H17ClFN3O3S.CO2/c1-22-16(17(23)20-12-7-8-14(19)13(18)9-12)10-15(21-26(22,24)25)11-5-3-2-4-6-11;2-1-3/h2-9,15-16,21H,10H2,1H3,(H,20,23);/t15-,16+;/m0./s1. The molecule has 2 aromatic carbocycles. The molecule has 1 fully saturated rings. The van der Waals surface area contributed by atoms with Crippen molar-refractivity contribution in [2.24, 2.45) is 0 Å². The highest BCUT2D eigenvalue weighted by molar-refractivity contribution is 7.87. The van der Waals surface area contributed by atoms with Crippen LogP contribution in [0.3, 0.4) is 0 Å². The quantitative estimate of drug-likeness (QED) is 0.757. The predicted molar refractivity (Wildman–Crippen MR) is 102 cm³/mol. The van der Waals surface area contributed by atoms with Crippen molar-refractivity contribution in [2.75, 3.05) is 12.4 Å². The van der Waals surface area contributed by atoms with E-state index in [2.05, 4.69) is 10.0 Å². The Morgan fingerprint density at radius 2 is 1.86 bits per heavy atom. The maximum absolute atomic E-state index is 13.3. The maximum atomic E-state index is 13.3. The predicted octanol–water partition coefficient (Wildman–Crippen LogP) is 2.11. The number of benzene rings is 2. The summed E-state index contributed by atoms with van der Waals surface area (Å²) in [5.41, 5.74) is 1.06. The van der Waals surface area contributed by atoms with Crippen molar-refractivity contribution in [3.05, 3.63) is 64.9 Å². The highest BCUT2D eigenvalue weighted by Gasteiger charge is 2.40. The molecule has 2 N–H and O–H groups in total. The number of carbonyl (C=O) groups excluding carboxylic acids is 3. The minimum Gasteiger partial charge on any atom is -0.325 e. The van der Waals surface area contributed by atoms with Crippen LogP contribution >= 0.6 is 11.6 Å². The molecular weight excluding hydrogens is 425 g/mol. The van der Waals surface area contributed by atoms with E-state index in [-0.39, 0.29) is 17.6 Å². The van der Waals surface area contributed by atoms with Crippen molar-refractivity contribution in [2.45, 2.75) is 18.5 Å². The number of nitrogens with one attached hydrogen (secondary N) is 2. The van der Waals surface area contributed by atoms with Crippen LogP contribution in [0.15, 0.2) is 48.5 Å². The van der Waals surface area contributed by atoms with E-state index in [1.807, 2.05) is 6.07 Å². The number of anilines is 1. The van der Waals surface area contributed by atoms with Gasteiger partial charge in [-0.15, -0.1) is 0 Å². The molecular formula is C18H17ClFN3O5S. The van der Waals surface area contributed by atoms with Crippen LogP contribution in [0.25, 0.3) is 0 Å². The van der Waals surface area contributed by atoms with E-state index in [1.54, 1.807) is 24.3 Å². The number of hydrogen-bond donors (Lipinski definition) is 2. The van der Waals surface area contributed by atoms with Gasteiger partial charge in [0.05, 0.1) is 5.02 Å². The summed E-state index contributed by atoms with van der Waals surface area (Å²) >= 11 is 5.72. The van der Waals surface area contributed by atoms with E-state index >= 15 is 0 Å². The summed E-state index contributed by atoms with van der Waals surface area (Å²) in [5, 5.41) is 2.47. The third-order valence-corrected chi connectivity index (χ3v) is 6.14. The Labute approximate surface area is 171 Å². The molecule has 1 amide bonds. The molecule has 8 nitrogen and oxygen atoms in total. The molecule has 0 aromatic heterocycles. The summed E-state index contributed by atoms with van der Waals surface area (Å²) in [6, 6.07) is 11.4. The fourth-order valence-electron chi connectivity index (χ4n) is 2.81. The summed E-state index contributed by atoms with van der Waals surface area (Å²) in [6.45, 7) is 0. The monoisotopic (exact) mass is 441 g/mol. The maximum Gasteiger partial charge on any atom is 0.373 e. The number of carbonyl (C=O) groups is 1. The van der Waals surface area contributed by atoms with Gasteiger partial charge in [-0.05, 0) is 30.2 Å². The van der Waals surface area contributed by atoms with Crippen LogP contribution in [0.1, 0.15) is 18.0 Å². The van der Waals surface area contributed by atoms with Crippen LogP contribution in [-0.4, -0.2) is 37.9 Å². The zero-order valence-electron chi connectivity index (χ0n) is 15.1. The van der Waals surface area contributed by atoms with Gasteiger partial charge in [0.2, 0.25) is 5.91 Å². The first kappa shape index (κ1) is 22.7. The van der Waals surface area contributed by atoms with E-state index in [1.165, 1.54) is 19.2 Å². The van der Waals surface area contributed by atoms with Gasteiger partial charge in [0.15, 0.2) is 0 Å². The first-order chi connectivity index (χ1) is 13.7. The second-order valence-corrected chi connectivity index (χ2v) is 8.22. The average molecular weight is 442 g/mol. The van der Waals surface area contributed by atoms with Gasteiger partial charge in [-0.3, -0.25) is 4.79 Å². The Morgan fingerprint density at radius 3 is 2.45 bits per heavy atom. The Hall–Kier alpha value is -2.62. The number of likely N-dealkylation sites (N-methyl/N-ethyl adjacent to an activating group) is 1. The number of hydrogen-bond acceptors (Lipinski definition) is 5. The lowest BCUT2D eigenvalue weighted by Crippen LogP contribution is -2.55. The van der Waals surface area contributed by atoms with Crippen LogP contribution in [0.2, 0.25) is 5.02 Å². The third-order valence-electron chi connectivity index (χ3n) is 4.26. The van der Waals surface area contributed by atoms with E-state index < -0.39 is 34.0 Å². The molecule has 11 heteroatoms. The summed E-state index contributed by atoms with van der Waals surface area (Å²) in [4.78, 5) is 28.9. The van der Waals surface area contributed by atoms with Gasteiger partial charge >= 0.3 is 6.15 Å². The largest absolute Gasteiger partial charge is 0.373 e.